The van der Waals surface area contributed by atoms with Crippen molar-refractivity contribution in [2.45, 2.75) is 53.0 Å². The Morgan fingerprint density at radius 1 is 0.596 bits per heavy atom. The predicted molar refractivity (Wildman–Crippen MR) is 190 cm³/mol. The van der Waals surface area contributed by atoms with Gasteiger partial charge in [0.05, 0.1) is 11.0 Å². The molecule has 4 aromatic carbocycles. The summed E-state index contributed by atoms with van der Waals surface area (Å²) in [6.45, 7) is 8.43. The number of rotatable bonds is 12. The second-order valence-corrected chi connectivity index (χ2v) is 13.6. The van der Waals surface area contributed by atoms with Gasteiger partial charge in [-0.15, -0.1) is 19.2 Å². The van der Waals surface area contributed by atoms with Gasteiger partial charge in [0.15, 0.2) is 0 Å². The molecule has 0 saturated heterocycles. The minimum absolute atomic E-state index is 0.103. The van der Waals surface area contributed by atoms with E-state index in [9.17, 15) is 4.57 Å². The molecule has 0 N–H and O–H groups in total. The van der Waals surface area contributed by atoms with Crippen LogP contribution in [0.2, 0.25) is 0 Å². The average Bonchev–Trinajstić information content (AvgIpc) is 3.99. The molecule has 0 aliphatic carbocycles. The van der Waals surface area contributed by atoms with Crippen molar-refractivity contribution in [3.05, 3.63) is 96.1 Å². The lowest BCUT2D eigenvalue weighted by Gasteiger charge is -2.04. The van der Waals surface area contributed by atoms with Gasteiger partial charge >= 0.3 is 8.25 Å². The first kappa shape index (κ1) is 33.1. The number of fused-ring (bicyclic) bond motifs is 2. The van der Waals surface area contributed by atoms with Crippen LogP contribution in [0.1, 0.15) is 50.9 Å². The molecule has 0 aliphatic rings. The number of hydrogen-bond donors (Lipinski definition) is 0. The Morgan fingerprint density at radius 3 is 1.40 bits per heavy atom. The van der Waals surface area contributed by atoms with Crippen LogP contribution in [0.5, 0.6) is 0 Å². The van der Waals surface area contributed by atoms with Gasteiger partial charge in [0.1, 0.15) is 24.2 Å². The lowest BCUT2D eigenvalue weighted by Crippen LogP contribution is -2.02. The Kier molecular flexibility index (Phi) is 8.89. The summed E-state index contributed by atoms with van der Waals surface area (Å²) >= 11 is 0. The van der Waals surface area contributed by atoms with Crippen molar-refractivity contribution in [1.29, 1.82) is 0 Å². The molecule has 4 heterocycles. The monoisotopic (exact) mass is 715 g/mol. The highest BCUT2D eigenvalue weighted by Gasteiger charge is 2.21. The Hall–Kier alpha value is -6.02. The summed E-state index contributed by atoms with van der Waals surface area (Å²) in [5.74, 6) is 1.65. The van der Waals surface area contributed by atoms with Crippen LogP contribution in [0.3, 0.4) is 0 Å². The molecule has 260 valence electrons. The largest absolute Gasteiger partial charge is 0.698 e. The zero-order chi connectivity index (χ0) is 35.8. The molecule has 8 rings (SSSR count). The average molecular weight is 716 g/mol. The van der Waals surface area contributed by atoms with E-state index < -0.39 is 8.25 Å². The van der Waals surface area contributed by atoms with Crippen LogP contribution in [0.15, 0.2) is 94.0 Å². The van der Waals surface area contributed by atoms with Crippen molar-refractivity contribution in [2.24, 2.45) is 0 Å². The van der Waals surface area contributed by atoms with Crippen molar-refractivity contribution in [1.82, 2.24) is 50.3 Å². The van der Waals surface area contributed by atoms with E-state index in [4.69, 9.17) is 18.1 Å². The molecule has 0 aliphatic heterocycles. The third-order valence-corrected chi connectivity index (χ3v) is 9.04. The van der Waals surface area contributed by atoms with E-state index in [2.05, 4.69) is 68.6 Å². The van der Waals surface area contributed by atoms with E-state index in [0.29, 0.717) is 23.4 Å². The zero-order valence-corrected chi connectivity index (χ0v) is 29.5. The first-order valence-corrected chi connectivity index (χ1v) is 17.7. The maximum Gasteiger partial charge on any atom is 0.698 e. The number of hydrogen-bond acceptors (Lipinski definition) is 13. The number of benzene rings is 4. The molecule has 0 saturated carbocycles. The fraction of sp³-hybridized carbons (Fsp3) is 0.222. The van der Waals surface area contributed by atoms with E-state index in [0.717, 1.165) is 55.4 Å². The van der Waals surface area contributed by atoms with Gasteiger partial charge in [-0.25, -0.2) is 9.36 Å². The van der Waals surface area contributed by atoms with E-state index in [1.165, 1.54) is 0 Å². The van der Waals surface area contributed by atoms with Crippen molar-refractivity contribution < 1.29 is 22.7 Å². The standard InChI is InChI=1S/C36H32N10O5P/c1-21(2)45-31-15-13-27(17-29(31)39-43-45)35-37-33(41-50-35)25-9-5-23(6-10-25)19-48-52(47)49-20-24-7-11-26(12-8-24)34-38-36(51-42-34)28-14-16-32-30(18-28)40-44-46(32)22(3)4/h5-18,21-22H,19-20H2,1-4H3/q+1. The maximum atomic E-state index is 12.5. The van der Waals surface area contributed by atoms with Gasteiger partial charge in [0.2, 0.25) is 11.6 Å². The van der Waals surface area contributed by atoms with Crippen LogP contribution in [0.4, 0.5) is 0 Å². The fourth-order valence-electron chi connectivity index (χ4n) is 5.62. The summed E-state index contributed by atoms with van der Waals surface area (Å²) < 4.78 is 38.2. The minimum atomic E-state index is -2.36. The third kappa shape index (κ3) is 6.72. The Labute approximate surface area is 297 Å². The van der Waals surface area contributed by atoms with Crippen molar-refractivity contribution >= 4 is 30.3 Å². The molecular formula is C36H32N10O5P+. The zero-order valence-electron chi connectivity index (χ0n) is 28.6. The quantitative estimate of drug-likeness (QED) is 0.111. The third-order valence-electron chi connectivity index (χ3n) is 8.36. The van der Waals surface area contributed by atoms with Crippen LogP contribution in [-0.2, 0) is 26.8 Å². The van der Waals surface area contributed by atoms with Crippen molar-refractivity contribution in [3.63, 3.8) is 0 Å². The highest BCUT2D eigenvalue weighted by atomic mass is 31.1. The maximum absolute atomic E-state index is 12.5. The summed E-state index contributed by atoms with van der Waals surface area (Å²) in [6.07, 6.45) is 0. The molecule has 0 bridgehead atoms. The Balaban J connectivity index is 0.826. The SMILES string of the molecule is CC(C)n1nnc2cc(-c3nc(-c4ccc(CO[P+](=O)OCc5ccc(-c6noc(-c7ccc8c(c7)nnn8C(C)C)n6)cc5)cc4)no3)ccc21. The first-order chi connectivity index (χ1) is 25.3. The molecule has 0 unspecified atom stereocenters. The first-order valence-electron chi connectivity index (χ1n) is 16.6. The molecule has 0 amide bonds. The molecular weight excluding hydrogens is 683 g/mol. The second kappa shape index (κ2) is 13.9. The number of aromatic nitrogens is 10. The minimum Gasteiger partial charge on any atom is -0.334 e. The predicted octanol–water partition coefficient (Wildman–Crippen LogP) is 8.16. The van der Waals surface area contributed by atoms with Gasteiger partial charge in [-0.1, -0.05) is 69.3 Å². The van der Waals surface area contributed by atoms with Gasteiger partial charge < -0.3 is 9.05 Å². The molecule has 0 fully saturated rings. The molecule has 0 spiro atoms. The smallest absolute Gasteiger partial charge is 0.334 e. The van der Waals surface area contributed by atoms with Crippen LogP contribution >= 0.6 is 8.25 Å². The summed E-state index contributed by atoms with van der Waals surface area (Å²) in [4.78, 5) is 9.12. The lowest BCUT2D eigenvalue weighted by molar-refractivity contribution is 0.213. The van der Waals surface area contributed by atoms with Crippen LogP contribution in [0, 0.1) is 0 Å². The molecule has 8 aromatic rings. The highest BCUT2D eigenvalue weighted by molar-refractivity contribution is 7.33. The fourth-order valence-corrected chi connectivity index (χ4v) is 6.20. The van der Waals surface area contributed by atoms with Crippen LogP contribution in [-0.4, -0.2) is 50.3 Å². The highest BCUT2D eigenvalue weighted by Crippen LogP contribution is 2.30. The van der Waals surface area contributed by atoms with Gasteiger partial charge in [-0.05, 0) is 75.2 Å². The Morgan fingerprint density at radius 2 is 1.00 bits per heavy atom. The van der Waals surface area contributed by atoms with Crippen LogP contribution < -0.4 is 0 Å². The van der Waals surface area contributed by atoms with Crippen LogP contribution in [0.25, 0.3) is 67.8 Å². The second-order valence-electron chi connectivity index (χ2n) is 12.7. The molecule has 15 nitrogen and oxygen atoms in total. The van der Waals surface area contributed by atoms with E-state index in [-0.39, 0.29) is 25.3 Å². The summed E-state index contributed by atoms with van der Waals surface area (Å²) in [7, 11) is -2.36. The molecule has 0 radical (unpaired) electrons. The summed E-state index contributed by atoms with van der Waals surface area (Å²) in [5, 5.41) is 25.3. The summed E-state index contributed by atoms with van der Waals surface area (Å²) in [6, 6.07) is 26.7. The van der Waals surface area contributed by atoms with Gasteiger partial charge in [-0.2, -0.15) is 9.97 Å². The molecule has 4 aromatic heterocycles. The molecule has 52 heavy (non-hydrogen) atoms. The lowest BCUT2D eigenvalue weighted by atomic mass is 10.1. The van der Waals surface area contributed by atoms with Gasteiger partial charge in [-0.3, -0.25) is 0 Å². The van der Waals surface area contributed by atoms with E-state index in [1.807, 2.05) is 94.3 Å². The van der Waals surface area contributed by atoms with Crippen molar-refractivity contribution in [2.75, 3.05) is 0 Å². The number of nitrogens with zero attached hydrogens (tertiary/aromatic N) is 10. The summed E-state index contributed by atoms with van der Waals surface area (Å²) in [5.41, 5.74) is 8.04. The van der Waals surface area contributed by atoms with E-state index in [1.54, 1.807) is 0 Å². The molecule has 16 heteroatoms. The topological polar surface area (TPSA) is 175 Å². The van der Waals surface area contributed by atoms with Crippen molar-refractivity contribution in [3.8, 4) is 45.7 Å². The van der Waals surface area contributed by atoms with E-state index >= 15 is 0 Å². The normalized spacial score (nSPS) is 11.8. The molecule has 0 atom stereocenters. The van der Waals surface area contributed by atoms with Gasteiger partial charge in [0.25, 0.3) is 11.8 Å². The Bertz CT molecular complexity index is 2350. The van der Waals surface area contributed by atoms with Gasteiger partial charge in [0, 0.05) is 38.9 Å².